The quantitative estimate of drug-likeness (QED) is 0.694. The highest BCUT2D eigenvalue weighted by Crippen LogP contribution is 2.16. The molecular formula is C5H5NO3S. The van der Waals surface area contributed by atoms with Crippen molar-refractivity contribution in [2.75, 3.05) is 7.11 Å². The third-order valence-electron chi connectivity index (χ3n) is 0.877. The molecule has 0 unspecified atom stereocenters. The molecule has 0 radical (unpaired) electrons. The van der Waals surface area contributed by atoms with E-state index in [2.05, 4.69) is 9.72 Å². The standard InChI is InChI=1S/C5H5NO3S/c1-9-5-6-3(2-10-5)4(7)8/h2H,1H3,(H,7,8). The van der Waals surface area contributed by atoms with Gasteiger partial charge in [-0.05, 0) is 0 Å². The van der Waals surface area contributed by atoms with Gasteiger partial charge in [0.2, 0.25) is 0 Å². The molecule has 0 bridgehead atoms. The number of nitrogens with zero attached hydrogens (tertiary/aromatic N) is 1. The van der Waals surface area contributed by atoms with E-state index in [0.717, 1.165) is 11.3 Å². The minimum absolute atomic E-state index is 0.0295. The highest BCUT2D eigenvalue weighted by atomic mass is 32.1. The number of ether oxygens (including phenoxy) is 1. The van der Waals surface area contributed by atoms with Crippen LogP contribution in [0.25, 0.3) is 0 Å². The normalized spacial score (nSPS) is 9.30. The molecule has 54 valence electrons. The molecule has 4 nitrogen and oxygen atoms in total. The van der Waals surface area contributed by atoms with Crippen LogP contribution in [-0.2, 0) is 0 Å². The van der Waals surface area contributed by atoms with E-state index in [1.165, 1.54) is 12.5 Å². The number of hydrogen-bond donors (Lipinski definition) is 1. The largest absolute Gasteiger partial charge is 0.476 e. The van der Waals surface area contributed by atoms with Crippen molar-refractivity contribution in [1.82, 2.24) is 4.98 Å². The summed E-state index contributed by atoms with van der Waals surface area (Å²) in [6, 6.07) is 0. The predicted octanol–water partition coefficient (Wildman–Crippen LogP) is 0.850. The summed E-state index contributed by atoms with van der Waals surface area (Å²) >= 11 is 1.16. The van der Waals surface area contributed by atoms with Gasteiger partial charge in [0.05, 0.1) is 7.11 Å². The Hall–Kier alpha value is -1.10. The minimum atomic E-state index is -1.03. The highest BCUT2D eigenvalue weighted by molar-refractivity contribution is 7.11. The summed E-state index contributed by atoms with van der Waals surface area (Å²) < 4.78 is 4.69. The summed E-state index contributed by atoms with van der Waals surface area (Å²) in [7, 11) is 1.45. The smallest absolute Gasteiger partial charge is 0.355 e. The Bertz CT molecular complexity index is 245. The first kappa shape index (κ1) is 7.01. The lowest BCUT2D eigenvalue weighted by Crippen LogP contribution is -1.95. The number of carboxylic acids is 1. The number of carboxylic acid groups (broad SMARTS) is 1. The van der Waals surface area contributed by atoms with Crippen LogP contribution in [-0.4, -0.2) is 23.2 Å². The zero-order valence-corrected chi connectivity index (χ0v) is 6.01. The molecule has 1 N–H and O–H groups in total. The van der Waals surface area contributed by atoms with Gasteiger partial charge in [-0.2, -0.15) is 4.98 Å². The topological polar surface area (TPSA) is 59.4 Å². The van der Waals surface area contributed by atoms with E-state index in [1.54, 1.807) is 0 Å². The van der Waals surface area contributed by atoms with E-state index in [0.29, 0.717) is 5.19 Å². The number of hydrogen-bond acceptors (Lipinski definition) is 4. The SMILES string of the molecule is COc1nc(C(=O)O)cs1. The molecule has 0 saturated carbocycles. The van der Waals surface area contributed by atoms with Crippen molar-refractivity contribution in [2.24, 2.45) is 0 Å². The van der Waals surface area contributed by atoms with Crippen molar-refractivity contribution in [2.45, 2.75) is 0 Å². The van der Waals surface area contributed by atoms with Crippen LogP contribution < -0.4 is 4.74 Å². The van der Waals surface area contributed by atoms with Gasteiger partial charge < -0.3 is 9.84 Å². The average Bonchev–Trinajstić information content (AvgIpc) is 2.34. The van der Waals surface area contributed by atoms with Crippen LogP contribution in [0.4, 0.5) is 0 Å². The van der Waals surface area contributed by atoms with Gasteiger partial charge in [-0.15, -0.1) is 0 Å². The maximum absolute atomic E-state index is 10.2. The van der Waals surface area contributed by atoms with Crippen LogP contribution in [0.3, 0.4) is 0 Å². The van der Waals surface area contributed by atoms with Crippen molar-refractivity contribution in [3.63, 3.8) is 0 Å². The summed E-state index contributed by atoms with van der Waals surface area (Å²) in [4.78, 5) is 13.8. The first-order chi connectivity index (χ1) is 4.74. The van der Waals surface area contributed by atoms with Gasteiger partial charge in [0.25, 0.3) is 5.19 Å². The van der Waals surface area contributed by atoms with Crippen LogP contribution >= 0.6 is 11.3 Å². The molecule has 1 aromatic heterocycles. The van der Waals surface area contributed by atoms with Crippen LogP contribution in [0.15, 0.2) is 5.38 Å². The predicted molar refractivity (Wildman–Crippen MR) is 35.6 cm³/mol. The second kappa shape index (κ2) is 2.66. The molecule has 0 aliphatic heterocycles. The molecule has 1 heterocycles. The Morgan fingerprint density at radius 1 is 1.90 bits per heavy atom. The molecule has 0 atom stereocenters. The number of thiazole rings is 1. The Labute approximate surface area is 61.1 Å². The number of aromatic nitrogens is 1. The fourth-order valence-corrected chi connectivity index (χ4v) is 1.06. The average molecular weight is 159 g/mol. The van der Waals surface area contributed by atoms with Crippen LogP contribution in [0.1, 0.15) is 10.5 Å². The van der Waals surface area contributed by atoms with Crippen molar-refractivity contribution < 1.29 is 14.6 Å². The zero-order chi connectivity index (χ0) is 7.56. The number of methoxy groups -OCH3 is 1. The Morgan fingerprint density at radius 2 is 2.60 bits per heavy atom. The van der Waals surface area contributed by atoms with Crippen molar-refractivity contribution in [1.29, 1.82) is 0 Å². The third kappa shape index (κ3) is 1.24. The first-order valence-electron chi connectivity index (χ1n) is 2.47. The zero-order valence-electron chi connectivity index (χ0n) is 5.20. The lowest BCUT2D eigenvalue weighted by molar-refractivity contribution is 0.0690. The summed E-state index contributed by atoms with van der Waals surface area (Å²) in [5.41, 5.74) is 0.0295. The maximum Gasteiger partial charge on any atom is 0.355 e. The Kier molecular flexibility index (Phi) is 1.86. The Morgan fingerprint density at radius 3 is 2.90 bits per heavy atom. The minimum Gasteiger partial charge on any atom is -0.476 e. The summed E-state index contributed by atoms with van der Waals surface area (Å²) in [5, 5.41) is 10.2. The molecule has 0 spiro atoms. The van der Waals surface area contributed by atoms with Crippen LogP contribution in [0.5, 0.6) is 5.19 Å². The molecule has 0 aliphatic carbocycles. The molecule has 0 aliphatic rings. The fourth-order valence-electron chi connectivity index (χ4n) is 0.449. The maximum atomic E-state index is 10.2. The van der Waals surface area contributed by atoms with E-state index in [4.69, 9.17) is 5.11 Å². The molecule has 1 aromatic rings. The monoisotopic (exact) mass is 159 g/mol. The summed E-state index contributed by atoms with van der Waals surface area (Å²) in [6.07, 6.45) is 0. The van der Waals surface area contributed by atoms with Gasteiger partial charge in [-0.3, -0.25) is 0 Å². The van der Waals surface area contributed by atoms with Crippen molar-refractivity contribution >= 4 is 17.3 Å². The van der Waals surface area contributed by atoms with Gasteiger partial charge in [-0.25, -0.2) is 4.79 Å². The van der Waals surface area contributed by atoms with Crippen LogP contribution in [0.2, 0.25) is 0 Å². The van der Waals surface area contributed by atoms with Gasteiger partial charge >= 0.3 is 5.97 Å². The number of rotatable bonds is 2. The molecule has 5 heteroatoms. The molecular weight excluding hydrogens is 154 g/mol. The van der Waals surface area contributed by atoms with Gasteiger partial charge in [0.1, 0.15) is 0 Å². The summed E-state index contributed by atoms with van der Waals surface area (Å²) in [6.45, 7) is 0. The third-order valence-corrected chi connectivity index (χ3v) is 1.68. The number of aromatic carboxylic acids is 1. The molecule has 10 heavy (non-hydrogen) atoms. The Balaban J connectivity index is 2.88. The molecule has 1 rings (SSSR count). The molecule has 0 fully saturated rings. The highest BCUT2D eigenvalue weighted by Gasteiger charge is 2.07. The lowest BCUT2D eigenvalue weighted by Gasteiger charge is -1.86. The van der Waals surface area contributed by atoms with E-state index in [1.807, 2.05) is 0 Å². The van der Waals surface area contributed by atoms with Crippen molar-refractivity contribution in [3.05, 3.63) is 11.1 Å². The van der Waals surface area contributed by atoms with Crippen molar-refractivity contribution in [3.8, 4) is 5.19 Å². The first-order valence-corrected chi connectivity index (χ1v) is 3.35. The molecule has 0 saturated heterocycles. The molecule has 0 aromatic carbocycles. The van der Waals surface area contributed by atoms with Gasteiger partial charge in [-0.1, -0.05) is 11.3 Å². The number of carbonyl (C=O) groups is 1. The van der Waals surface area contributed by atoms with E-state index in [9.17, 15) is 4.79 Å². The van der Waals surface area contributed by atoms with E-state index >= 15 is 0 Å². The van der Waals surface area contributed by atoms with E-state index < -0.39 is 5.97 Å². The summed E-state index contributed by atoms with van der Waals surface area (Å²) in [5.74, 6) is -1.03. The second-order valence-corrected chi connectivity index (χ2v) is 2.33. The second-order valence-electron chi connectivity index (χ2n) is 1.51. The lowest BCUT2D eigenvalue weighted by atomic mass is 10.5. The molecule has 0 amide bonds. The fraction of sp³-hybridized carbons (Fsp3) is 0.200. The van der Waals surface area contributed by atoms with Gasteiger partial charge in [0, 0.05) is 5.38 Å². The van der Waals surface area contributed by atoms with E-state index in [-0.39, 0.29) is 5.69 Å². The van der Waals surface area contributed by atoms with Crippen LogP contribution in [0, 0.1) is 0 Å². The van der Waals surface area contributed by atoms with Gasteiger partial charge in [0.15, 0.2) is 5.69 Å².